The summed E-state index contributed by atoms with van der Waals surface area (Å²) < 4.78 is 33.6. The summed E-state index contributed by atoms with van der Waals surface area (Å²) in [5.41, 5.74) is 0.0874. The van der Waals surface area contributed by atoms with Gasteiger partial charge in [0, 0.05) is 24.3 Å². The lowest BCUT2D eigenvalue weighted by Crippen LogP contribution is -2.43. The van der Waals surface area contributed by atoms with Crippen LogP contribution in [-0.2, 0) is 10.0 Å². The van der Waals surface area contributed by atoms with E-state index in [4.69, 9.17) is 4.74 Å². The Labute approximate surface area is 196 Å². The first kappa shape index (κ1) is 25.0. The number of carbonyl (C=O) groups is 1. The molecule has 8 nitrogen and oxygen atoms in total. The Morgan fingerprint density at radius 2 is 1.97 bits per heavy atom. The van der Waals surface area contributed by atoms with Crippen molar-refractivity contribution in [2.75, 3.05) is 18.1 Å². The average Bonchev–Trinajstić information content (AvgIpc) is 2.99. The summed E-state index contributed by atoms with van der Waals surface area (Å²) in [4.78, 5) is 23.6. The fourth-order valence-electron chi connectivity index (χ4n) is 3.72. The van der Waals surface area contributed by atoms with Crippen LogP contribution in [0.4, 0.5) is 5.82 Å². The maximum Gasteiger partial charge on any atom is 0.281 e. The largest absolute Gasteiger partial charge is 0.478 e. The zero-order valence-corrected chi connectivity index (χ0v) is 21.1. The van der Waals surface area contributed by atoms with Gasteiger partial charge in [-0.1, -0.05) is 33.8 Å². The molecule has 3 rings (SSSR count). The number of hydrogen-bond acceptors (Lipinski definition) is 7. The maximum absolute atomic E-state index is 13.1. The normalized spacial score (nSPS) is 18.2. The Hall–Kier alpha value is -2.68. The second kappa shape index (κ2) is 9.29. The Kier molecular flexibility index (Phi) is 7.02. The molecule has 3 heterocycles. The Morgan fingerprint density at radius 3 is 2.61 bits per heavy atom. The van der Waals surface area contributed by atoms with Crippen molar-refractivity contribution in [2.24, 2.45) is 11.3 Å². The molecule has 0 spiro atoms. The highest BCUT2D eigenvalue weighted by atomic mass is 32.2. The van der Waals surface area contributed by atoms with Crippen molar-refractivity contribution in [3.05, 3.63) is 42.1 Å². The van der Waals surface area contributed by atoms with Gasteiger partial charge < -0.3 is 9.64 Å². The number of ether oxygens (including phenoxy) is 1. The number of carbonyl (C=O) groups excluding carboxylic acids is 1. The Bertz CT molecular complexity index is 1110. The van der Waals surface area contributed by atoms with Crippen molar-refractivity contribution in [1.29, 1.82) is 0 Å². The molecular formula is C24H34N4O4S. The predicted molar refractivity (Wildman–Crippen MR) is 128 cm³/mol. The molecule has 0 bridgehead atoms. The lowest BCUT2D eigenvalue weighted by Gasteiger charge is -2.36. The first-order chi connectivity index (χ1) is 15.3. The number of pyridine rings is 2. The zero-order chi connectivity index (χ0) is 24.4. The number of rotatable bonds is 7. The summed E-state index contributed by atoms with van der Waals surface area (Å²) in [5.74, 6) is 0.342. The van der Waals surface area contributed by atoms with Crippen molar-refractivity contribution < 1.29 is 17.9 Å². The molecule has 33 heavy (non-hydrogen) atoms. The molecule has 1 aliphatic rings. The minimum atomic E-state index is -4.20. The van der Waals surface area contributed by atoms with Crippen molar-refractivity contribution >= 4 is 21.7 Å². The summed E-state index contributed by atoms with van der Waals surface area (Å²) in [5, 5.41) is -0.273. The molecule has 0 saturated carbocycles. The highest BCUT2D eigenvalue weighted by molar-refractivity contribution is 7.90. The standard InChI is InChI=1S/C24H34N4O4S/c1-17-12-15-28(24(17,5)6)21-18(9-8-14-25-21)22(29)27-33(30,31)20-11-7-10-19(26-20)32-16-13-23(2,3)4/h7-11,14,17H,12-13,15-16H2,1-6H3,(H,27,29). The van der Waals surface area contributed by atoms with E-state index in [1.165, 1.54) is 6.07 Å². The van der Waals surface area contributed by atoms with Crippen molar-refractivity contribution in [1.82, 2.24) is 14.7 Å². The van der Waals surface area contributed by atoms with Crippen LogP contribution in [-0.4, -0.2) is 43.0 Å². The van der Waals surface area contributed by atoms with Gasteiger partial charge in [0.25, 0.3) is 15.9 Å². The van der Waals surface area contributed by atoms with Gasteiger partial charge in [-0.3, -0.25) is 4.79 Å². The molecule has 180 valence electrons. The highest BCUT2D eigenvalue weighted by Gasteiger charge is 2.40. The first-order valence-electron chi connectivity index (χ1n) is 11.2. The molecule has 0 aromatic carbocycles. The second-order valence-electron chi connectivity index (χ2n) is 10.3. The smallest absolute Gasteiger partial charge is 0.281 e. The summed E-state index contributed by atoms with van der Waals surface area (Å²) in [6.45, 7) is 13.8. The van der Waals surface area contributed by atoms with E-state index in [1.54, 1.807) is 30.5 Å². The monoisotopic (exact) mass is 474 g/mol. The van der Waals surface area contributed by atoms with Crippen LogP contribution in [0.2, 0.25) is 0 Å². The van der Waals surface area contributed by atoms with Crippen molar-refractivity contribution in [2.45, 2.75) is 64.9 Å². The van der Waals surface area contributed by atoms with E-state index in [0.29, 0.717) is 18.3 Å². The van der Waals surface area contributed by atoms with Crippen molar-refractivity contribution in [3.8, 4) is 5.88 Å². The summed E-state index contributed by atoms with van der Waals surface area (Å²) in [6, 6.07) is 7.69. The van der Waals surface area contributed by atoms with Gasteiger partial charge in [0.15, 0.2) is 5.03 Å². The second-order valence-corrected chi connectivity index (χ2v) is 11.9. The van der Waals surface area contributed by atoms with Crippen LogP contribution in [0.25, 0.3) is 0 Å². The third-order valence-corrected chi connectivity index (χ3v) is 7.51. The van der Waals surface area contributed by atoms with Gasteiger partial charge in [0.2, 0.25) is 5.88 Å². The van der Waals surface area contributed by atoms with E-state index in [1.807, 2.05) is 0 Å². The molecule has 0 aliphatic carbocycles. The van der Waals surface area contributed by atoms with Crippen LogP contribution >= 0.6 is 0 Å². The minimum absolute atomic E-state index is 0.0841. The van der Waals surface area contributed by atoms with Crippen LogP contribution < -0.4 is 14.4 Å². The maximum atomic E-state index is 13.1. The van der Waals surface area contributed by atoms with Crippen LogP contribution in [0.5, 0.6) is 5.88 Å². The van der Waals surface area contributed by atoms with Crippen LogP contribution in [0.15, 0.2) is 41.6 Å². The van der Waals surface area contributed by atoms with Crippen LogP contribution in [0.3, 0.4) is 0 Å². The molecular weight excluding hydrogens is 440 g/mol. The molecule has 1 amide bonds. The number of amides is 1. The van der Waals surface area contributed by atoms with E-state index in [2.05, 4.69) is 61.1 Å². The van der Waals surface area contributed by atoms with E-state index in [9.17, 15) is 13.2 Å². The lowest BCUT2D eigenvalue weighted by atomic mass is 9.90. The van der Waals surface area contributed by atoms with Crippen LogP contribution in [0.1, 0.15) is 64.7 Å². The lowest BCUT2D eigenvalue weighted by molar-refractivity contribution is 0.0981. The van der Waals surface area contributed by atoms with Gasteiger partial charge in [-0.15, -0.1) is 0 Å². The fraction of sp³-hybridized carbons (Fsp3) is 0.542. The molecule has 0 radical (unpaired) electrons. The predicted octanol–water partition coefficient (Wildman–Crippen LogP) is 4.04. The molecule has 1 atom stereocenters. The van der Waals surface area contributed by atoms with E-state index < -0.39 is 15.9 Å². The molecule has 1 saturated heterocycles. The van der Waals surface area contributed by atoms with Gasteiger partial charge in [0.1, 0.15) is 5.82 Å². The van der Waals surface area contributed by atoms with E-state index in [0.717, 1.165) is 19.4 Å². The molecule has 1 unspecified atom stereocenters. The summed E-state index contributed by atoms with van der Waals surface area (Å²) in [7, 11) is -4.20. The molecule has 1 N–H and O–H groups in total. The number of aromatic nitrogens is 2. The number of anilines is 1. The summed E-state index contributed by atoms with van der Waals surface area (Å²) in [6.07, 6.45) is 3.37. The average molecular weight is 475 g/mol. The number of nitrogens with zero attached hydrogens (tertiary/aromatic N) is 3. The first-order valence-corrected chi connectivity index (χ1v) is 12.7. The summed E-state index contributed by atoms with van der Waals surface area (Å²) >= 11 is 0. The SMILES string of the molecule is CC1CCN(c2ncccc2C(=O)NS(=O)(=O)c2cccc(OCCC(C)(C)C)n2)C1(C)C. The number of sulfonamides is 1. The number of nitrogens with one attached hydrogen (secondary N) is 1. The Morgan fingerprint density at radius 1 is 1.24 bits per heavy atom. The van der Waals surface area contributed by atoms with E-state index >= 15 is 0 Å². The molecule has 9 heteroatoms. The molecule has 2 aromatic rings. The molecule has 1 aliphatic heterocycles. The highest BCUT2D eigenvalue weighted by Crippen LogP contribution is 2.38. The molecule has 2 aromatic heterocycles. The molecule has 1 fully saturated rings. The van der Waals surface area contributed by atoms with Gasteiger partial charge in [-0.05, 0) is 56.2 Å². The minimum Gasteiger partial charge on any atom is -0.478 e. The van der Waals surface area contributed by atoms with Gasteiger partial charge in [0.05, 0.1) is 12.2 Å². The van der Waals surface area contributed by atoms with Gasteiger partial charge in [-0.2, -0.15) is 13.4 Å². The topological polar surface area (TPSA) is 101 Å². The quantitative estimate of drug-likeness (QED) is 0.646. The Balaban J connectivity index is 1.79. The van der Waals surface area contributed by atoms with E-state index in [-0.39, 0.29) is 27.4 Å². The van der Waals surface area contributed by atoms with Gasteiger partial charge in [-0.25, -0.2) is 9.71 Å². The van der Waals surface area contributed by atoms with Gasteiger partial charge >= 0.3 is 0 Å². The fourth-order valence-corrected chi connectivity index (χ4v) is 4.64. The third-order valence-electron chi connectivity index (χ3n) is 6.28. The van der Waals surface area contributed by atoms with Crippen molar-refractivity contribution in [3.63, 3.8) is 0 Å². The zero-order valence-electron chi connectivity index (χ0n) is 20.3. The number of hydrogen-bond donors (Lipinski definition) is 1. The third kappa shape index (κ3) is 5.82. The van der Waals surface area contributed by atoms with Crippen LogP contribution in [0, 0.1) is 11.3 Å².